The Morgan fingerprint density at radius 2 is 2.00 bits per heavy atom. The van der Waals surface area contributed by atoms with Gasteiger partial charge in [0.2, 0.25) is 0 Å². The average molecular weight is 304 g/mol. The molecule has 1 aromatic rings. The predicted octanol–water partition coefficient (Wildman–Crippen LogP) is 4.20. The van der Waals surface area contributed by atoms with Crippen LogP contribution in [0.15, 0.2) is 28.7 Å². The second-order valence-corrected chi connectivity index (χ2v) is 5.61. The largest absolute Gasteiger partial charge is 0.380 e. The molecule has 0 bridgehead atoms. The third-order valence-electron chi connectivity index (χ3n) is 2.90. The summed E-state index contributed by atoms with van der Waals surface area (Å²) in [5.74, 6) is 1.75. The third kappa shape index (κ3) is 3.76. The van der Waals surface area contributed by atoms with Gasteiger partial charge in [-0.3, -0.25) is 0 Å². The number of hydrogen-bond donors (Lipinski definition) is 0. The number of hydrogen-bond acceptors (Lipinski definition) is 1. The number of benzene rings is 1. The van der Waals surface area contributed by atoms with Crippen molar-refractivity contribution in [1.29, 1.82) is 0 Å². The molecule has 1 atom stereocenters. The second kappa shape index (κ2) is 6.04. The van der Waals surface area contributed by atoms with Gasteiger partial charge in [0.1, 0.15) is 0 Å². The number of rotatable bonds is 6. The zero-order valence-corrected chi connectivity index (χ0v) is 11.5. The molecule has 1 aromatic carbocycles. The van der Waals surface area contributed by atoms with Gasteiger partial charge in [-0.2, -0.15) is 0 Å². The van der Waals surface area contributed by atoms with E-state index in [0.717, 1.165) is 23.6 Å². The van der Waals surface area contributed by atoms with Crippen molar-refractivity contribution in [2.45, 2.75) is 18.8 Å². The normalized spacial score (nSPS) is 17.4. The van der Waals surface area contributed by atoms with Crippen molar-refractivity contribution in [3.63, 3.8) is 0 Å². The van der Waals surface area contributed by atoms with E-state index in [0.29, 0.717) is 11.8 Å². The highest BCUT2D eigenvalue weighted by Gasteiger charge is 2.22. The van der Waals surface area contributed by atoms with E-state index in [9.17, 15) is 0 Å². The standard InChI is InChI=1S/C13H16BrClO/c14-13-5-3-11(4-6-13)12(7-15)9-16-8-10-1-2-10/h3-6,10,12H,1-2,7-9H2. The zero-order chi connectivity index (χ0) is 11.4. The van der Waals surface area contributed by atoms with E-state index in [4.69, 9.17) is 16.3 Å². The molecule has 1 saturated carbocycles. The first-order valence-corrected chi connectivity index (χ1v) is 7.01. The highest BCUT2D eigenvalue weighted by molar-refractivity contribution is 9.10. The molecule has 2 rings (SSSR count). The van der Waals surface area contributed by atoms with Crippen LogP contribution in [-0.4, -0.2) is 19.1 Å². The first-order valence-electron chi connectivity index (χ1n) is 5.68. The Hall–Kier alpha value is -0.0500. The Morgan fingerprint density at radius 1 is 1.31 bits per heavy atom. The molecule has 1 aliphatic rings. The van der Waals surface area contributed by atoms with E-state index in [2.05, 4.69) is 40.2 Å². The van der Waals surface area contributed by atoms with Gasteiger partial charge in [0.15, 0.2) is 0 Å². The van der Waals surface area contributed by atoms with Crippen LogP contribution in [0.5, 0.6) is 0 Å². The van der Waals surface area contributed by atoms with Gasteiger partial charge < -0.3 is 4.74 Å². The van der Waals surface area contributed by atoms with Crippen molar-refractivity contribution in [1.82, 2.24) is 0 Å². The topological polar surface area (TPSA) is 9.23 Å². The van der Waals surface area contributed by atoms with Crippen molar-refractivity contribution in [3.05, 3.63) is 34.3 Å². The van der Waals surface area contributed by atoms with Crippen LogP contribution in [0.25, 0.3) is 0 Å². The molecule has 0 radical (unpaired) electrons. The summed E-state index contributed by atoms with van der Waals surface area (Å²) in [7, 11) is 0. The highest BCUT2D eigenvalue weighted by Crippen LogP contribution is 2.29. The Morgan fingerprint density at radius 3 is 2.56 bits per heavy atom. The van der Waals surface area contributed by atoms with Crippen LogP contribution < -0.4 is 0 Å². The van der Waals surface area contributed by atoms with Gasteiger partial charge in [-0.1, -0.05) is 28.1 Å². The fourth-order valence-electron chi connectivity index (χ4n) is 1.63. The SMILES string of the molecule is ClCC(COCC1CC1)c1ccc(Br)cc1. The van der Waals surface area contributed by atoms with Crippen LogP contribution in [-0.2, 0) is 4.74 Å². The van der Waals surface area contributed by atoms with Gasteiger partial charge in [-0.25, -0.2) is 0 Å². The quantitative estimate of drug-likeness (QED) is 0.716. The third-order valence-corrected chi connectivity index (χ3v) is 3.80. The molecule has 0 spiro atoms. The predicted molar refractivity (Wildman–Crippen MR) is 71.1 cm³/mol. The minimum Gasteiger partial charge on any atom is -0.380 e. The zero-order valence-electron chi connectivity index (χ0n) is 9.16. The summed E-state index contributed by atoms with van der Waals surface area (Å²) in [6.07, 6.45) is 2.67. The molecule has 1 nitrogen and oxygen atoms in total. The van der Waals surface area contributed by atoms with Crippen LogP contribution in [0.3, 0.4) is 0 Å². The van der Waals surface area contributed by atoms with E-state index >= 15 is 0 Å². The Kier molecular flexibility index (Phi) is 4.68. The molecule has 0 amide bonds. The lowest BCUT2D eigenvalue weighted by Crippen LogP contribution is -2.11. The smallest absolute Gasteiger partial charge is 0.0546 e. The summed E-state index contributed by atoms with van der Waals surface area (Å²) in [5.41, 5.74) is 1.26. The summed E-state index contributed by atoms with van der Waals surface area (Å²) in [5, 5.41) is 0. The summed E-state index contributed by atoms with van der Waals surface area (Å²) < 4.78 is 6.80. The maximum Gasteiger partial charge on any atom is 0.0546 e. The Balaban J connectivity index is 1.84. The Labute approximate surface area is 110 Å². The summed E-state index contributed by atoms with van der Waals surface area (Å²) >= 11 is 9.41. The van der Waals surface area contributed by atoms with Crippen molar-refractivity contribution >= 4 is 27.5 Å². The first-order chi connectivity index (χ1) is 7.79. The summed E-state index contributed by atoms with van der Waals surface area (Å²) in [6, 6.07) is 8.32. The van der Waals surface area contributed by atoms with Crippen LogP contribution in [0, 0.1) is 5.92 Å². The van der Waals surface area contributed by atoms with Gasteiger partial charge >= 0.3 is 0 Å². The molecule has 0 heterocycles. The lowest BCUT2D eigenvalue weighted by atomic mass is 10.0. The van der Waals surface area contributed by atoms with Gasteiger partial charge in [0.25, 0.3) is 0 Å². The van der Waals surface area contributed by atoms with Gasteiger partial charge in [0.05, 0.1) is 6.61 Å². The molecule has 0 N–H and O–H groups in total. The van der Waals surface area contributed by atoms with Crippen molar-refractivity contribution < 1.29 is 4.74 Å². The van der Waals surface area contributed by atoms with Gasteiger partial charge in [0, 0.05) is 22.9 Å². The fraction of sp³-hybridized carbons (Fsp3) is 0.538. The second-order valence-electron chi connectivity index (χ2n) is 4.38. The minimum absolute atomic E-state index is 0.313. The highest BCUT2D eigenvalue weighted by atomic mass is 79.9. The molecule has 0 saturated heterocycles. The number of alkyl halides is 1. The number of ether oxygens (including phenoxy) is 1. The molecule has 88 valence electrons. The lowest BCUT2D eigenvalue weighted by molar-refractivity contribution is 0.115. The molecule has 1 aliphatic carbocycles. The van der Waals surface area contributed by atoms with E-state index in [1.165, 1.54) is 18.4 Å². The van der Waals surface area contributed by atoms with E-state index in [1.54, 1.807) is 0 Å². The van der Waals surface area contributed by atoms with Crippen molar-refractivity contribution in [2.24, 2.45) is 5.92 Å². The van der Waals surface area contributed by atoms with Crippen molar-refractivity contribution in [2.75, 3.05) is 19.1 Å². The Bertz CT molecular complexity index is 321. The summed E-state index contributed by atoms with van der Waals surface area (Å²) in [6.45, 7) is 1.64. The molecular formula is C13H16BrClO. The van der Waals surface area contributed by atoms with Crippen molar-refractivity contribution in [3.8, 4) is 0 Å². The number of halogens is 2. The molecule has 0 aromatic heterocycles. The van der Waals surface area contributed by atoms with E-state index in [1.807, 2.05) is 0 Å². The molecule has 1 unspecified atom stereocenters. The van der Waals surface area contributed by atoms with Crippen LogP contribution >= 0.6 is 27.5 Å². The first kappa shape index (κ1) is 12.4. The average Bonchev–Trinajstić information content (AvgIpc) is 3.10. The van der Waals surface area contributed by atoms with Crippen LogP contribution in [0.4, 0.5) is 0 Å². The lowest BCUT2D eigenvalue weighted by Gasteiger charge is -2.14. The van der Waals surface area contributed by atoms with E-state index in [-0.39, 0.29) is 0 Å². The molecular weight excluding hydrogens is 287 g/mol. The van der Waals surface area contributed by atoms with E-state index < -0.39 is 0 Å². The van der Waals surface area contributed by atoms with Crippen LogP contribution in [0.2, 0.25) is 0 Å². The summed E-state index contributed by atoms with van der Waals surface area (Å²) in [4.78, 5) is 0. The molecule has 16 heavy (non-hydrogen) atoms. The van der Waals surface area contributed by atoms with Crippen LogP contribution in [0.1, 0.15) is 24.3 Å². The molecule has 3 heteroatoms. The fourth-order valence-corrected chi connectivity index (χ4v) is 2.16. The van der Waals surface area contributed by atoms with Gasteiger partial charge in [-0.15, -0.1) is 11.6 Å². The maximum atomic E-state index is 5.98. The van der Waals surface area contributed by atoms with Gasteiger partial charge in [-0.05, 0) is 36.5 Å². The minimum atomic E-state index is 0.313. The molecule has 0 aliphatic heterocycles. The monoisotopic (exact) mass is 302 g/mol. The maximum absolute atomic E-state index is 5.98. The molecule has 1 fully saturated rings.